The van der Waals surface area contributed by atoms with Crippen molar-refractivity contribution in [2.24, 2.45) is 5.41 Å². The van der Waals surface area contributed by atoms with Gasteiger partial charge >= 0.3 is 5.97 Å². The molecule has 0 heterocycles. The largest absolute Gasteiger partial charge is 0.481 e. The fourth-order valence-corrected chi connectivity index (χ4v) is 2.04. The molecule has 0 aromatic heterocycles. The number of nitrogens with one attached hydrogen (secondary N) is 1. The summed E-state index contributed by atoms with van der Waals surface area (Å²) in [5.74, 6) is -1.11. The quantitative estimate of drug-likeness (QED) is 0.794. The van der Waals surface area contributed by atoms with Gasteiger partial charge in [0.05, 0.1) is 5.41 Å². The van der Waals surface area contributed by atoms with Gasteiger partial charge in [-0.25, -0.2) is 0 Å². The third-order valence-corrected chi connectivity index (χ3v) is 3.64. The number of carbonyl (C=O) groups excluding carboxylic acids is 1. The average Bonchev–Trinajstić information content (AvgIpc) is 2.43. The van der Waals surface area contributed by atoms with Crippen LogP contribution in [0.3, 0.4) is 0 Å². The van der Waals surface area contributed by atoms with Crippen LogP contribution in [0.4, 0.5) is 0 Å². The Kier molecular flexibility index (Phi) is 5.55. The number of carbonyl (C=O) groups is 2. The highest BCUT2D eigenvalue weighted by Crippen LogP contribution is 2.30. The van der Waals surface area contributed by atoms with Crippen LogP contribution in [0.2, 0.25) is 0 Å². The number of rotatable bonds is 7. The van der Waals surface area contributed by atoms with E-state index in [9.17, 15) is 14.7 Å². The molecule has 1 aromatic rings. The fraction of sp³-hybridized carbons (Fsp3) is 0.467. The zero-order chi connectivity index (χ0) is 14.3. The minimum absolute atomic E-state index is 0.0299. The van der Waals surface area contributed by atoms with Crippen LogP contribution in [0.25, 0.3) is 0 Å². The highest BCUT2D eigenvalue weighted by atomic mass is 16.4. The van der Waals surface area contributed by atoms with Crippen LogP contribution in [0.15, 0.2) is 30.3 Å². The van der Waals surface area contributed by atoms with Crippen LogP contribution >= 0.6 is 0 Å². The van der Waals surface area contributed by atoms with Gasteiger partial charge in [-0.1, -0.05) is 44.2 Å². The number of hydrogen-bond acceptors (Lipinski definition) is 2. The summed E-state index contributed by atoms with van der Waals surface area (Å²) in [6.07, 6.45) is 0.942. The van der Waals surface area contributed by atoms with Gasteiger partial charge in [0.1, 0.15) is 0 Å². The van der Waals surface area contributed by atoms with Gasteiger partial charge in [-0.3, -0.25) is 9.59 Å². The standard InChI is InChI=1S/C15H21NO3/c1-3-15(4-2,14(18)19)10-13(17)16-11-12-8-6-5-7-9-12/h5-9H,3-4,10-11H2,1-2H3,(H,16,17)(H,18,19). The van der Waals surface area contributed by atoms with E-state index in [2.05, 4.69) is 5.32 Å². The Balaban J connectivity index is 2.57. The van der Waals surface area contributed by atoms with Gasteiger partial charge in [0.25, 0.3) is 0 Å². The molecule has 0 aliphatic rings. The van der Waals surface area contributed by atoms with Gasteiger partial charge < -0.3 is 10.4 Å². The van der Waals surface area contributed by atoms with Crippen LogP contribution in [-0.2, 0) is 16.1 Å². The van der Waals surface area contributed by atoms with Gasteiger partial charge in [-0.05, 0) is 18.4 Å². The summed E-state index contributed by atoms with van der Waals surface area (Å²) >= 11 is 0. The van der Waals surface area contributed by atoms with Crippen LogP contribution in [0, 0.1) is 5.41 Å². The van der Waals surface area contributed by atoms with Crippen molar-refractivity contribution in [3.8, 4) is 0 Å². The number of hydrogen-bond donors (Lipinski definition) is 2. The van der Waals surface area contributed by atoms with Gasteiger partial charge in [-0.2, -0.15) is 0 Å². The van der Waals surface area contributed by atoms with E-state index in [1.807, 2.05) is 44.2 Å². The lowest BCUT2D eigenvalue weighted by Gasteiger charge is -2.25. The molecule has 0 saturated heterocycles. The first-order valence-corrected chi connectivity index (χ1v) is 6.58. The molecular formula is C15H21NO3. The molecule has 0 aliphatic carbocycles. The summed E-state index contributed by atoms with van der Waals surface area (Å²) in [6, 6.07) is 9.56. The van der Waals surface area contributed by atoms with Crippen molar-refractivity contribution >= 4 is 11.9 Å². The number of carboxylic acids is 1. The maximum absolute atomic E-state index is 11.9. The molecule has 0 saturated carbocycles. The zero-order valence-electron chi connectivity index (χ0n) is 11.5. The van der Waals surface area contributed by atoms with E-state index in [1.54, 1.807) is 0 Å². The smallest absolute Gasteiger partial charge is 0.310 e. The van der Waals surface area contributed by atoms with Gasteiger partial charge in [0, 0.05) is 13.0 Å². The Morgan fingerprint density at radius 2 is 1.74 bits per heavy atom. The van der Waals surface area contributed by atoms with Crippen LogP contribution < -0.4 is 5.32 Å². The second kappa shape index (κ2) is 6.92. The molecular weight excluding hydrogens is 242 g/mol. The van der Waals surface area contributed by atoms with E-state index < -0.39 is 11.4 Å². The first-order chi connectivity index (χ1) is 9.04. The van der Waals surface area contributed by atoms with Crippen molar-refractivity contribution in [2.45, 2.75) is 39.7 Å². The molecule has 0 fully saturated rings. The third kappa shape index (κ3) is 4.09. The van der Waals surface area contributed by atoms with E-state index in [-0.39, 0.29) is 12.3 Å². The van der Waals surface area contributed by atoms with Gasteiger partial charge in [-0.15, -0.1) is 0 Å². The normalized spacial score (nSPS) is 11.1. The highest BCUT2D eigenvalue weighted by Gasteiger charge is 2.36. The fourth-order valence-electron chi connectivity index (χ4n) is 2.04. The van der Waals surface area contributed by atoms with E-state index in [0.29, 0.717) is 19.4 Å². The second-order valence-electron chi connectivity index (χ2n) is 4.73. The predicted molar refractivity (Wildman–Crippen MR) is 73.6 cm³/mol. The Morgan fingerprint density at radius 3 is 2.21 bits per heavy atom. The number of carboxylic acid groups (broad SMARTS) is 1. The molecule has 0 radical (unpaired) electrons. The van der Waals surface area contributed by atoms with Crippen LogP contribution in [0.5, 0.6) is 0 Å². The van der Waals surface area contributed by atoms with Crippen molar-refractivity contribution in [1.29, 1.82) is 0 Å². The Bertz CT molecular complexity index is 424. The monoisotopic (exact) mass is 263 g/mol. The highest BCUT2D eigenvalue weighted by molar-refractivity contribution is 5.84. The van der Waals surface area contributed by atoms with Crippen molar-refractivity contribution in [3.05, 3.63) is 35.9 Å². The topological polar surface area (TPSA) is 66.4 Å². The molecule has 0 unspecified atom stereocenters. The summed E-state index contributed by atoms with van der Waals surface area (Å²) < 4.78 is 0. The van der Waals surface area contributed by atoms with Crippen molar-refractivity contribution in [2.75, 3.05) is 0 Å². The maximum Gasteiger partial charge on any atom is 0.310 e. The molecule has 1 aromatic carbocycles. The number of benzene rings is 1. The van der Waals surface area contributed by atoms with E-state index in [4.69, 9.17) is 0 Å². The summed E-state index contributed by atoms with van der Waals surface area (Å²) in [4.78, 5) is 23.2. The first kappa shape index (κ1) is 15.2. The van der Waals surface area contributed by atoms with Crippen LogP contribution in [-0.4, -0.2) is 17.0 Å². The van der Waals surface area contributed by atoms with Gasteiger partial charge in [0.2, 0.25) is 5.91 Å². The lowest BCUT2D eigenvalue weighted by molar-refractivity contribution is -0.152. The molecule has 0 atom stereocenters. The SMILES string of the molecule is CCC(CC)(CC(=O)NCc1ccccc1)C(=O)O. The molecule has 19 heavy (non-hydrogen) atoms. The molecule has 1 rings (SSSR count). The Morgan fingerprint density at radius 1 is 1.16 bits per heavy atom. The van der Waals surface area contributed by atoms with Gasteiger partial charge in [0.15, 0.2) is 0 Å². The molecule has 0 aliphatic heterocycles. The first-order valence-electron chi connectivity index (χ1n) is 6.58. The summed E-state index contributed by atoms with van der Waals surface area (Å²) in [6.45, 7) is 4.05. The Labute approximate surface area is 113 Å². The molecule has 1 amide bonds. The molecule has 4 heteroatoms. The second-order valence-corrected chi connectivity index (χ2v) is 4.73. The third-order valence-electron chi connectivity index (χ3n) is 3.64. The maximum atomic E-state index is 11.9. The minimum atomic E-state index is -0.944. The van der Waals surface area contributed by atoms with E-state index >= 15 is 0 Å². The van der Waals surface area contributed by atoms with Crippen LogP contribution in [0.1, 0.15) is 38.7 Å². The average molecular weight is 263 g/mol. The minimum Gasteiger partial charge on any atom is -0.481 e. The summed E-state index contributed by atoms with van der Waals surface area (Å²) in [7, 11) is 0. The summed E-state index contributed by atoms with van der Waals surface area (Å²) in [5.41, 5.74) is 0.0607. The molecule has 0 spiro atoms. The van der Waals surface area contributed by atoms with E-state index in [1.165, 1.54) is 0 Å². The summed E-state index contributed by atoms with van der Waals surface area (Å²) in [5, 5.41) is 12.1. The molecule has 104 valence electrons. The molecule has 0 bridgehead atoms. The van der Waals surface area contributed by atoms with Crippen molar-refractivity contribution < 1.29 is 14.7 Å². The molecule has 4 nitrogen and oxygen atoms in total. The molecule has 2 N–H and O–H groups in total. The lowest BCUT2D eigenvalue weighted by atomic mass is 9.79. The lowest BCUT2D eigenvalue weighted by Crippen LogP contribution is -2.36. The Hall–Kier alpha value is -1.84. The van der Waals surface area contributed by atoms with E-state index in [0.717, 1.165) is 5.56 Å². The van der Waals surface area contributed by atoms with Crippen molar-refractivity contribution in [1.82, 2.24) is 5.32 Å². The number of amides is 1. The zero-order valence-corrected chi connectivity index (χ0v) is 11.5. The number of aliphatic carboxylic acids is 1. The predicted octanol–water partition coefficient (Wildman–Crippen LogP) is 2.58. The van der Waals surface area contributed by atoms with Crippen molar-refractivity contribution in [3.63, 3.8) is 0 Å².